The lowest BCUT2D eigenvalue weighted by atomic mass is 10.1. The van der Waals surface area contributed by atoms with E-state index in [0.717, 1.165) is 41.2 Å². The molecule has 0 fully saturated rings. The Morgan fingerprint density at radius 2 is 1.88 bits per heavy atom. The lowest BCUT2D eigenvalue weighted by molar-refractivity contribution is -0.116. The minimum absolute atomic E-state index is 0.0987. The number of fused-ring (bicyclic) bond motifs is 1. The number of nitrogens with one attached hydrogen (secondary N) is 2. The van der Waals surface area contributed by atoms with Crippen molar-refractivity contribution in [3.63, 3.8) is 0 Å². The topological polar surface area (TPSA) is 112 Å². The predicted molar refractivity (Wildman–Crippen MR) is 162 cm³/mol. The SMILES string of the molecule is CCOc1cc2ncc(C#N)c(Nc3ccc(OCc4ncccc4C)cc3C)c2cc1NC(=O)CCCN(C)C. The van der Waals surface area contributed by atoms with Gasteiger partial charge in [0.2, 0.25) is 5.91 Å². The first-order chi connectivity index (χ1) is 19.8. The maximum Gasteiger partial charge on any atom is 0.224 e. The van der Waals surface area contributed by atoms with Crippen molar-refractivity contribution >= 4 is 33.9 Å². The van der Waals surface area contributed by atoms with Gasteiger partial charge in [-0.3, -0.25) is 14.8 Å². The number of carbonyl (C=O) groups is 1. The van der Waals surface area contributed by atoms with E-state index in [0.29, 0.717) is 53.2 Å². The average molecular weight is 553 g/mol. The molecular formula is C32H36N6O3. The van der Waals surface area contributed by atoms with Gasteiger partial charge in [-0.15, -0.1) is 0 Å². The zero-order chi connectivity index (χ0) is 29.4. The van der Waals surface area contributed by atoms with Crippen molar-refractivity contribution in [2.24, 2.45) is 0 Å². The summed E-state index contributed by atoms with van der Waals surface area (Å²) in [5.41, 5.74) is 5.89. The maximum atomic E-state index is 12.7. The molecule has 0 aliphatic heterocycles. The van der Waals surface area contributed by atoms with Crippen LogP contribution in [0.4, 0.5) is 17.1 Å². The molecule has 212 valence electrons. The second-order valence-corrected chi connectivity index (χ2v) is 10.1. The quantitative estimate of drug-likeness (QED) is 0.216. The molecule has 0 saturated heterocycles. The standard InChI is InChI=1S/C32H36N6O3/c1-6-40-30-17-27-25(16-28(30)36-31(39)10-8-14-38(4)5)32(23(18-33)19-35-27)37-26-12-11-24(15-22(26)3)41-20-29-21(2)9-7-13-34-29/h7,9,11-13,15-17,19H,6,8,10,14,20H2,1-5H3,(H,35,37)(H,36,39). The van der Waals surface area contributed by atoms with E-state index in [1.165, 1.54) is 0 Å². The van der Waals surface area contributed by atoms with Crippen LogP contribution >= 0.6 is 0 Å². The highest BCUT2D eigenvalue weighted by Crippen LogP contribution is 2.37. The minimum atomic E-state index is -0.0987. The molecule has 0 unspecified atom stereocenters. The molecule has 1 amide bonds. The van der Waals surface area contributed by atoms with Crippen LogP contribution < -0.4 is 20.1 Å². The number of hydrogen-bond donors (Lipinski definition) is 2. The largest absolute Gasteiger partial charge is 0.492 e. The van der Waals surface area contributed by atoms with Gasteiger partial charge in [-0.1, -0.05) is 6.07 Å². The van der Waals surface area contributed by atoms with Gasteiger partial charge in [0.1, 0.15) is 24.2 Å². The Bertz CT molecular complexity index is 1580. The average Bonchev–Trinajstić information content (AvgIpc) is 2.94. The molecular weight excluding hydrogens is 516 g/mol. The summed E-state index contributed by atoms with van der Waals surface area (Å²) in [7, 11) is 3.96. The van der Waals surface area contributed by atoms with Crippen molar-refractivity contribution in [3.05, 3.63) is 77.2 Å². The normalized spacial score (nSPS) is 10.9. The number of amides is 1. The molecule has 0 atom stereocenters. The Morgan fingerprint density at radius 3 is 2.59 bits per heavy atom. The molecule has 0 aliphatic carbocycles. The first-order valence-corrected chi connectivity index (χ1v) is 13.6. The van der Waals surface area contributed by atoms with Crippen molar-refractivity contribution in [3.8, 4) is 17.6 Å². The lowest BCUT2D eigenvalue weighted by Gasteiger charge is -2.17. The zero-order valence-corrected chi connectivity index (χ0v) is 24.2. The molecule has 2 N–H and O–H groups in total. The molecule has 0 radical (unpaired) electrons. The Hall–Kier alpha value is -4.68. The van der Waals surface area contributed by atoms with Crippen LogP contribution in [0.3, 0.4) is 0 Å². The highest BCUT2D eigenvalue weighted by molar-refractivity contribution is 6.02. The number of hydrogen-bond acceptors (Lipinski definition) is 8. The van der Waals surface area contributed by atoms with Gasteiger partial charge in [-0.25, -0.2) is 0 Å². The molecule has 4 rings (SSSR count). The molecule has 2 aromatic carbocycles. The highest BCUT2D eigenvalue weighted by Gasteiger charge is 2.16. The molecule has 9 nitrogen and oxygen atoms in total. The molecule has 4 aromatic rings. The molecule has 0 spiro atoms. The summed E-state index contributed by atoms with van der Waals surface area (Å²) in [6.45, 7) is 7.50. The smallest absolute Gasteiger partial charge is 0.224 e. The summed E-state index contributed by atoms with van der Waals surface area (Å²) in [6, 6.07) is 15.5. The van der Waals surface area contributed by atoms with Crippen molar-refractivity contribution in [2.45, 2.75) is 40.2 Å². The molecule has 0 saturated carbocycles. The molecule has 0 bridgehead atoms. The molecule has 9 heteroatoms. The van der Waals surface area contributed by atoms with E-state index in [4.69, 9.17) is 9.47 Å². The number of anilines is 3. The number of carbonyl (C=O) groups excluding carboxylic acids is 1. The molecule has 41 heavy (non-hydrogen) atoms. The summed E-state index contributed by atoms with van der Waals surface area (Å²) >= 11 is 0. The van der Waals surface area contributed by atoms with E-state index in [1.54, 1.807) is 18.5 Å². The van der Waals surface area contributed by atoms with Crippen LogP contribution in [-0.2, 0) is 11.4 Å². The Kier molecular flexibility index (Phi) is 9.72. The van der Waals surface area contributed by atoms with E-state index in [9.17, 15) is 10.1 Å². The van der Waals surface area contributed by atoms with Crippen LogP contribution in [0.25, 0.3) is 10.9 Å². The molecule has 0 aliphatic rings. The molecule has 2 aromatic heterocycles. The number of aromatic nitrogens is 2. The van der Waals surface area contributed by atoms with Gasteiger partial charge >= 0.3 is 0 Å². The monoisotopic (exact) mass is 552 g/mol. The predicted octanol–water partition coefficient (Wildman–Crippen LogP) is 6.12. The van der Waals surface area contributed by atoms with Gasteiger partial charge in [-0.2, -0.15) is 5.26 Å². The van der Waals surface area contributed by atoms with Gasteiger partial charge in [-0.05, 0) is 89.3 Å². The van der Waals surface area contributed by atoms with Crippen LogP contribution in [-0.4, -0.2) is 48.0 Å². The third-order valence-electron chi connectivity index (χ3n) is 6.62. The first-order valence-electron chi connectivity index (χ1n) is 13.6. The Balaban J connectivity index is 1.62. The number of ether oxygens (including phenoxy) is 2. The van der Waals surface area contributed by atoms with Crippen molar-refractivity contribution in [1.29, 1.82) is 5.26 Å². The Labute approximate surface area is 241 Å². The van der Waals surface area contributed by atoms with Crippen LogP contribution in [0.2, 0.25) is 0 Å². The third kappa shape index (κ3) is 7.50. The van der Waals surface area contributed by atoms with E-state index >= 15 is 0 Å². The van der Waals surface area contributed by atoms with Gasteiger partial charge in [0.15, 0.2) is 0 Å². The number of pyridine rings is 2. The van der Waals surface area contributed by atoms with E-state index in [1.807, 2.05) is 76.2 Å². The highest BCUT2D eigenvalue weighted by atomic mass is 16.5. The number of rotatable bonds is 12. The summed E-state index contributed by atoms with van der Waals surface area (Å²) in [6.07, 6.45) is 4.43. The molecule has 2 heterocycles. The van der Waals surface area contributed by atoms with Crippen LogP contribution in [0.5, 0.6) is 11.5 Å². The van der Waals surface area contributed by atoms with Gasteiger partial charge in [0, 0.05) is 36.0 Å². The number of benzene rings is 2. The van der Waals surface area contributed by atoms with E-state index < -0.39 is 0 Å². The summed E-state index contributed by atoms with van der Waals surface area (Å²) in [5, 5.41) is 17.0. The first kappa shape index (κ1) is 29.3. The lowest BCUT2D eigenvalue weighted by Crippen LogP contribution is -2.17. The van der Waals surface area contributed by atoms with E-state index in [2.05, 4.69) is 26.7 Å². The van der Waals surface area contributed by atoms with Crippen molar-refractivity contribution in [2.75, 3.05) is 37.9 Å². The fourth-order valence-electron chi connectivity index (χ4n) is 4.40. The number of aryl methyl sites for hydroxylation is 2. The second kappa shape index (κ2) is 13.6. The summed E-state index contributed by atoms with van der Waals surface area (Å²) in [4.78, 5) is 23.7. The third-order valence-corrected chi connectivity index (χ3v) is 6.62. The minimum Gasteiger partial charge on any atom is -0.492 e. The van der Waals surface area contributed by atoms with Gasteiger partial charge in [0.25, 0.3) is 0 Å². The second-order valence-electron chi connectivity index (χ2n) is 10.1. The van der Waals surface area contributed by atoms with Crippen LogP contribution in [0, 0.1) is 25.2 Å². The fourth-order valence-corrected chi connectivity index (χ4v) is 4.40. The van der Waals surface area contributed by atoms with Crippen molar-refractivity contribution < 1.29 is 14.3 Å². The van der Waals surface area contributed by atoms with E-state index in [-0.39, 0.29) is 5.91 Å². The summed E-state index contributed by atoms with van der Waals surface area (Å²) in [5.74, 6) is 1.15. The Morgan fingerprint density at radius 1 is 1.05 bits per heavy atom. The van der Waals surface area contributed by atoms with Crippen LogP contribution in [0.15, 0.2) is 54.9 Å². The van der Waals surface area contributed by atoms with Gasteiger partial charge < -0.3 is 25.0 Å². The van der Waals surface area contributed by atoms with Crippen LogP contribution in [0.1, 0.15) is 42.1 Å². The van der Waals surface area contributed by atoms with Gasteiger partial charge in [0.05, 0.1) is 34.8 Å². The number of nitriles is 1. The van der Waals surface area contributed by atoms with Crippen molar-refractivity contribution in [1.82, 2.24) is 14.9 Å². The summed E-state index contributed by atoms with van der Waals surface area (Å²) < 4.78 is 11.8. The fraction of sp³-hybridized carbons (Fsp3) is 0.312. The zero-order valence-electron chi connectivity index (χ0n) is 24.2. The number of nitrogens with zero attached hydrogens (tertiary/aromatic N) is 4. The maximum absolute atomic E-state index is 12.7.